The number of rotatable bonds is 8. The number of carboxylic acids is 1. The van der Waals surface area contributed by atoms with Crippen molar-refractivity contribution in [2.75, 3.05) is 6.54 Å². The first kappa shape index (κ1) is 15.7. The summed E-state index contributed by atoms with van der Waals surface area (Å²) in [4.78, 5) is 22.1. The molecular formula is C12H24N2O3. The zero-order valence-electron chi connectivity index (χ0n) is 11.0. The van der Waals surface area contributed by atoms with Gasteiger partial charge in [0.05, 0.1) is 6.42 Å². The third-order valence-electron chi connectivity index (χ3n) is 2.40. The lowest BCUT2D eigenvalue weighted by atomic mass is 10.1. The van der Waals surface area contributed by atoms with Crippen molar-refractivity contribution >= 4 is 12.0 Å². The maximum Gasteiger partial charge on any atom is 0.315 e. The molecule has 0 bridgehead atoms. The Kier molecular flexibility index (Phi) is 8.19. The molecule has 0 saturated carbocycles. The van der Waals surface area contributed by atoms with Crippen molar-refractivity contribution in [3.63, 3.8) is 0 Å². The largest absolute Gasteiger partial charge is 0.481 e. The van der Waals surface area contributed by atoms with Crippen LogP contribution in [0.4, 0.5) is 4.79 Å². The number of nitrogens with one attached hydrogen (secondary N) is 2. The molecular weight excluding hydrogens is 220 g/mol. The molecule has 5 heteroatoms. The first-order chi connectivity index (χ1) is 7.95. The third kappa shape index (κ3) is 9.66. The minimum Gasteiger partial charge on any atom is -0.481 e. The molecule has 1 unspecified atom stereocenters. The molecule has 0 fully saturated rings. The zero-order chi connectivity index (χ0) is 13.3. The number of hydrogen-bond acceptors (Lipinski definition) is 2. The van der Waals surface area contributed by atoms with Gasteiger partial charge in [0, 0.05) is 12.6 Å². The number of aliphatic carboxylic acids is 1. The van der Waals surface area contributed by atoms with Crippen LogP contribution in [0.5, 0.6) is 0 Å². The summed E-state index contributed by atoms with van der Waals surface area (Å²) >= 11 is 0. The highest BCUT2D eigenvalue weighted by Crippen LogP contribution is 2.02. The van der Waals surface area contributed by atoms with E-state index in [1.54, 1.807) is 0 Å². The average molecular weight is 244 g/mol. The van der Waals surface area contributed by atoms with Gasteiger partial charge in [-0.1, -0.05) is 27.2 Å². The van der Waals surface area contributed by atoms with Crippen LogP contribution in [0.3, 0.4) is 0 Å². The number of hydrogen-bond donors (Lipinski definition) is 3. The first-order valence-electron chi connectivity index (χ1n) is 6.21. The van der Waals surface area contributed by atoms with Gasteiger partial charge in [0.15, 0.2) is 0 Å². The molecule has 0 heterocycles. The van der Waals surface area contributed by atoms with Gasteiger partial charge in [0.1, 0.15) is 0 Å². The Bertz CT molecular complexity index is 242. The fraction of sp³-hybridized carbons (Fsp3) is 0.833. The predicted octanol–water partition coefficient (Wildman–Crippen LogP) is 1.98. The molecule has 5 nitrogen and oxygen atoms in total. The Morgan fingerprint density at radius 1 is 1.24 bits per heavy atom. The summed E-state index contributed by atoms with van der Waals surface area (Å²) in [6, 6.07) is -0.554. The van der Waals surface area contributed by atoms with E-state index in [4.69, 9.17) is 5.11 Å². The molecule has 0 aromatic heterocycles. The van der Waals surface area contributed by atoms with Gasteiger partial charge in [0.25, 0.3) is 0 Å². The lowest BCUT2D eigenvalue weighted by molar-refractivity contribution is -0.137. The van der Waals surface area contributed by atoms with E-state index < -0.39 is 5.97 Å². The molecule has 0 saturated heterocycles. The molecule has 0 aliphatic carbocycles. The summed E-state index contributed by atoms with van der Waals surface area (Å²) in [5, 5.41) is 14.1. The molecule has 0 radical (unpaired) electrons. The number of urea groups is 1. The van der Waals surface area contributed by atoms with Crippen molar-refractivity contribution in [3.8, 4) is 0 Å². The predicted molar refractivity (Wildman–Crippen MR) is 66.9 cm³/mol. The Morgan fingerprint density at radius 2 is 1.88 bits per heavy atom. The van der Waals surface area contributed by atoms with Gasteiger partial charge in [-0.05, 0) is 18.8 Å². The van der Waals surface area contributed by atoms with Crippen molar-refractivity contribution < 1.29 is 14.7 Å². The Labute approximate surface area is 103 Å². The minimum absolute atomic E-state index is 0.0224. The van der Waals surface area contributed by atoms with Crippen LogP contribution in [-0.2, 0) is 4.79 Å². The SMILES string of the molecule is CCCC(CC(=O)O)NC(=O)NCCC(C)C. The van der Waals surface area contributed by atoms with Crippen molar-refractivity contribution in [3.05, 3.63) is 0 Å². The lowest BCUT2D eigenvalue weighted by Crippen LogP contribution is -2.43. The Morgan fingerprint density at radius 3 is 2.35 bits per heavy atom. The highest BCUT2D eigenvalue weighted by molar-refractivity contribution is 5.75. The molecule has 1 atom stereocenters. The number of carbonyl (C=O) groups is 2. The van der Waals surface area contributed by atoms with Gasteiger partial charge in [-0.3, -0.25) is 4.79 Å². The Balaban J connectivity index is 3.90. The summed E-state index contributed by atoms with van der Waals surface area (Å²) in [6.07, 6.45) is 2.43. The highest BCUT2D eigenvalue weighted by atomic mass is 16.4. The van der Waals surface area contributed by atoms with Gasteiger partial charge in [-0.2, -0.15) is 0 Å². The number of carboxylic acid groups (broad SMARTS) is 1. The van der Waals surface area contributed by atoms with Crippen LogP contribution in [0.25, 0.3) is 0 Å². The van der Waals surface area contributed by atoms with Crippen LogP contribution in [0.1, 0.15) is 46.5 Å². The van der Waals surface area contributed by atoms with Gasteiger partial charge < -0.3 is 15.7 Å². The number of carbonyl (C=O) groups excluding carboxylic acids is 1. The van der Waals surface area contributed by atoms with E-state index in [2.05, 4.69) is 24.5 Å². The average Bonchev–Trinajstić information content (AvgIpc) is 2.15. The van der Waals surface area contributed by atoms with Crippen LogP contribution in [0.2, 0.25) is 0 Å². The molecule has 0 aliphatic rings. The van der Waals surface area contributed by atoms with Crippen molar-refractivity contribution in [2.45, 2.75) is 52.5 Å². The number of amides is 2. The molecule has 2 amide bonds. The molecule has 100 valence electrons. The van der Waals surface area contributed by atoms with Gasteiger partial charge in [-0.15, -0.1) is 0 Å². The van der Waals surface area contributed by atoms with E-state index in [1.807, 2.05) is 6.92 Å². The standard InChI is InChI=1S/C12H24N2O3/c1-4-5-10(8-11(15)16)14-12(17)13-7-6-9(2)3/h9-10H,4-8H2,1-3H3,(H,15,16)(H2,13,14,17). The van der Waals surface area contributed by atoms with Crippen LogP contribution in [-0.4, -0.2) is 29.7 Å². The van der Waals surface area contributed by atoms with Crippen LogP contribution >= 0.6 is 0 Å². The first-order valence-corrected chi connectivity index (χ1v) is 6.21. The Hall–Kier alpha value is -1.26. The van der Waals surface area contributed by atoms with E-state index in [1.165, 1.54) is 0 Å². The summed E-state index contributed by atoms with van der Waals surface area (Å²) in [5.41, 5.74) is 0. The lowest BCUT2D eigenvalue weighted by Gasteiger charge is -2.16. The van der Waals surface area contributed by atoms with E-state index in [9.17, 15) is 9.59 Å². The topological polar surface area (TPSA) is 78.4 Å². The molecule has 17 heavy (non-hydrogen) atoms. The second-order valence-electron chi connectivity index (χ2n) is 4.67. The van der Waals surface area contributed by atoms with Gasteiger partial charge >= 0.3 is 12.0 Å². The van der Waals surface area contributed by atoms with Crippen molar-refractivity contribution in [2.24, 2.45) is 5.92 Å². The summed E-state index contributed by atoms with van der Waals surface area (Å²) < 4.78 is 0. The third-order valence-corrected chi connectivity index (χ3v) is 2.40. The second-order valence-corrected chi connectivity index (χ2v) is 4.67. The molecule has 0 rings (SSSR count). The summed E-state index contributed by atoms with van der Waals surface area (Å²) in [7, 11) is 0. The quantitative estimate of drug-likeness (QED) is 0.611. The molecule has 0 aromatic carbocycles. The maximum atomic E-state index is 11.5. The highest BCUT2D eigenvalue weighted by Gasteiger charge is 2.14. The van der Waals surface area contributed by atoms with Gasteiger partial charge in [-0.25, -0.2) is 4.79 Å². The molecule has 3 N–H and O–H groups in total. The molecule has 0 aromatic rings. The summed E-state index contributed by atoms with van der Waals surface area (Å²) in [5.74, 6) is -0.341. The van der Waals surface area contributed by atoms with E-state index >= 15 is 0 Å². The van der Waals surface area contributed by atoms with Crippen LogP contribution in [0.15, 0.2) is 0 Å². The van der Waals surface area contributed by atoms with E-state index in [0.29, 0.717) is 18.9 Å². The summed E-state index contributed by atoms with van der Waals surface area (Å²) in [6.45, 7) is 6.76. The molecule has 0 spiro atoms. The fourth-order valence-electron chi connectivity index (χ4n) is 1.50. The van der Waals surface area contributed by atoms with Crippen molar-refractivity contribution in [1.82, 2.24) is 10.6 Å². The zero-order valence-corrected chi connectivity index (χ0v) is 11.0. The van der Waals surface area contributed by atoms with Crippen molar-refractivity contribution in [1.29, 1.82) is 0 Å². The maximum absolute atomic E-state index is 11.5. The fourth-order valence-corrected chi connectivity index (χ4v) is 1.50. The second kappa shape index (κ2) is 8.84. The van der Waals surface area contributed by atoms with Crippen LogP contribution < -0.4 is 10.6 Å². The normalized spacial score (nSPS) is 12.2. The van der Waals surface area contributed by atoms with Gasteiger partial charge in [0.2, 0.25) is 0 Å². The van der Waals surface area contributed by atoms with E-state index in [-0.39, 0.29) is 18.5 Å². The monoisotopic (exact) mass is 244 g/mol. The minimum atomic E-state index is -0.883. The van der Waals surface area contributed by atoms with Crippen LogP contribution in [0, 0.1) is 5.92 Å². The smallest absolute Gasteiger partial charge is 0.315 e. The van der Waals surface area contributed by atoms with E-state index in [0.717, 1.165) is 12.8 Å². The molecule has 0 aliphatic heterocycles.